The molecule has 0 saturated carbocycles. The van der Waals surface area contributed by atoms with Crippen molar-refractivity contribution in [1.29, 1.82) is 0 Å². The van der Waals surface area contributed by atoms with Crippen LogP contribution in [0.2, 0.25) is 0 Å². The van der Waals surface area contributed by atoms with Crippen LogP contribution in [0.15, 0.2) is 37.3 Å². The summed E-state index contributed by atoms with van der Waals surface area (Å²) in [5.74, 6) is 0.818. The number of aromatic nitrogens is 3. The summed E-state index contributed by atoms with van der Waals surface area (Å²) in [6, 6.07) is 1.99. The average molecular weight is 228 g/mol. The molecule has 0 amide bonds. The van der Waals surface area contributed by atoms with E-state index in [4.69, 9.17) is 0 Å². The molecule has 0 aromatic carbocycles. The number of anilines is 1. The first kappa shape index (κ1) is 11.4. The van der Waals surface area contributed by atoms with Crippen molar-refractivity contribution in [3.05, 3.63) is 48.6 Å². The molecule has 1 N–H and O–H groups in total. The number of aryl methyl sites for hydroxylation is 2. The fourth-order valence-electron chi connectivity index (χ4n) is 1.68. The number of nitrogens with one attached hydrogen (secondary N) is 1. The van der Waals surface area contributed by atoms with E-state index in [2.05, 4.69) is 28.8 Å². The summed E-state index contributed by atoms with van der Waals surface area (Å²) in [7, 11) is 0. The minimum atomic E-state index is 0.690. The molecule has 4 nitrogen and oxygen atoms in total. The molecule has 0 radical (unpaired) electrons. The first-order chi connectivity index (χ1) is 8.22. The molecule has 0 spiro atoms. The van der Waals surface area contributed by atoms with Gasteiger partial charge in [-0.15, -0.1) is 6.58 Å². The average Bonchev–Trinajstić information content (AvgIpc) is 2.68. The van der Waals surface area contributed by atoms with Gasteiger partial charge in [0.05, 0.1) is 17.6 Å². The van der Waals surface area contributed by atoms with Crippen LogP contribution in [0.4, 0.5) is 5.95 Å². The monoisotopic (exact) mass is 228 g/mol. The first-order valence-electron chi connectivity index (χ1n) is 5.54. The molecule has 0 fully saturated rings. The number of nitrogens with zero attached hydrogens (tertiary/aromatic N) is 3. The molecular weight excluding hydrogens is 212 g/mol. The van der Waals surface area contributed by atoms with Gasteiger partial charge in [-0.2, -0.15) is 0 Å². The van der Waals surface area contributed by atoms with Crippen molar-refractivity contribution >= 4 is 5.95 Å². The van der Waals surface area contributed by atoms with Gasteiger partial charge in [0, 0.05) is 18.9 Å². The molecule has 0 saturated heterocycles. The second-order valence-corrected chi connectivity index (χ2v) is 3.91. The summed E-state index contributed by atoms with van der Waals surface area (Å²) in [6.07, 6.45) is 7.44. The SMILES string of the molecule is C=CCNc1nc(C)cn1-c1cnccc1C. The number of rotatable bonds is 4. The molecule has 0 aliphatic rings. The quantitative estimate of drug-likeness (QED) is 0.817. The van der Waals surface area contributed by atoms with E-state index in [-0.39, 0.29) is 0 Å². The van der Waals surface area contributed by atoms with Crippen molar-refractivity contribution in [1.82, 2.24) is 14.5 Å². The Morgan fingerprint density at radius 3 is 3.00 bits per heavy atom. The maximum absolute atomic E-state index is 4.44. The lowest BCUT2D eigenvalue weighted by Gasteiger charge is -2.10. The minimum Gasteiger partial charge on any atom is -0.352 e. The molecule has 2 aromatic heterocycles. The van der Waals surface area contributed by atoms with E-state index in [1.54, 1.807) is 6.20 Å². The Balaban J connectivity index is 2.44. The van der Waals surface area contributed by atoms with Crippen molar-refractivity contribution in [2.75, 3.05) is 11.9 Å². The smallest absolute Gasteiger partial charge is 0.208 e. The Morgan fingerprint density at radius 2 is 2.29 bits per heavy atom. The third kappa shape index (κ3) is 2.36. The van der Waals surface area contributed by atoms with Gasteiger partial charge in [0.2, 0.25) is 5.95 Å². The summed E-state index contributed by atoms with van der Waals surface area (Å²) in [4.78, 5) is 8.60. The van der Waals surface area contributed by atoms with E-state index in [1.807, 2.05) is 36.0 Å². The van der Waals surface area contributed by atoms with Crippen LogP contribution in [0.5, 0.6) is 0 Å². The molecule has 2 rings (SSSR count). The largest absolute Gasteiger partial charge is 0.352 e. The van der Waals surface area contributed by atoms with Gasteiger partial charge in [-0.1, -0.05) is 6.08 Å². The molecule has 88 valence electrons. The second kappa shape index (κ2) is 4.82. The summed E-state index contributed by atoms with van der Waals surface area (Å²) >= 11 is 0. The molecule has 0 unspecified atom stereocenters. The Kier molecular flexibility index (Phi) is 3.23. The van der Waals surface area contributed by atoms with E-state index in [9.17, 15) is 0 Å². The molecule has 4 heteroatoms. The highest BCUT2D eigenvalue weighted by Gasteiger charge is 2.08. The van der Waals surface area contributed by atoms with Crippen molar-refractivity contribution in [2.24, 2.45) is 0 Å². The molecule has 2 aromatic rings. The number of imidazole rings is 1. The molecule has 0 bridgehead atoms. The highest BCUT2D eigenvalue weighted by Crippen LogP contribution is 2.18. The molecule has 0 aliphatic carbocycles. The zero-order valence-electron chi connectivity index (χ0n) is 10.1. The third-order valence-corrected chi connectivity index (χ3v) is 2.50. The lowest BCUT2D eigenvalue weighted by atomic mass is 10.2. The lowest BCUT2D eigenvalue weighted by molar-refractivity contribution is 1.01. The number of hydrogen-bond acceptors (Lipinski definition) is 3. The van der Waals surface area contributed by atoms with Crippen LogP contribution in [0.3, 0.4) is 0 Å². The highest BCUT2D eigenvalue weighted by atomic mass is 15.2. The Hall–Kier alpha value is -2.10. The van der Waals surface area contributed by atoms with Crippen molar-refractivity contribution in [3.63, 3.8) is 0 Å². The first-order valence-corrected chi connectivity index (χ1v) is 5.54. The Labute approximate surface area is 101 Å². The van der Waals surface area contributed by atoms with Crippen LogP contribution >= 0.6 is 0 Å². The lowest BCUT2D eigenvalue weighted by Crippen LogP contribution is -2.06. The van der Waals surface area contributed by atoms with Gasteiger partial charge in [-0.3, -0.25) is 9.55 Å². The third-order valence-electron chi connectivity index (χ3n) is 2.50. The van der Waals surface area contributed by atoms with E-state index in [0.717, 1.165) is 17.3 Å². The molecular formula is C13H16N4. The Morgan fingerprint density at radius 1 is 1.47 bits per heavy atom. The standard InChI is InChI=1S/C13H16N4/c1-4-6-15-13-16-11(3)9-17(13)12-8-14-7-5-10(12)2/h4-5,7-9H,1,6H2,2-3H3,(H,15,16). The maximum atomic E-state index is 4.44. The highest BCUT2D eigenvalue weighted by molar-refractivity contribution is 5.46. The minimum absolute atomic E-state index is 0.690. The summed E-state index contributed by atoms with van der Waals surface area (Å²) in [5, 5.41) is 3.22. The predicted octanol–water partition coefficient (Wildman–Crippen LogP) is 2.48. The zero-order valence-corrected chi connectivity index (χ0v) is 10.1. The Bertz CT molecular complexity index is 528. The van der Waals surface area contributed by atoms with Gasteiger partial charge in [0.15, 0.2) is 0 Å². The van der Waals surface area contributed by atoms with Crippen LogP contribution in [-0.4, -0.2) is 21.1 Å². The number of pyridine rings is 1. The summed E-state index contributed by atoms with van der Waals surface area (Å²) in [5.41, 5.74) is 3.18. The van der Waals surface area contributed by atoms with Gasteiger partial charge in [-0.25, -0.2) is 4.98 Å². The van der Waals surface area contributed by atoms with Crippen molar-refractivity contribution in [2.45, 2.75) is 13.8 Å². The van der Waals surface area contributed by atoms with Crippen molar-refractivity contribution in [3.8, 4) is 5.69 Å². The van der Waals surface area contributed by atoms with Crippen LogP contribution in [0.25, 0.3) is 5.69 Å². The van der Waals surface area contributed by atoms with Crippen LogP contribution in [0, 0.1) is 13.8 Å². The van der Waals surface area contributed by atoms with Gasteiger partial charge in [0.25, 0.3) is 0 Å². The predicted molar refractivity (Wildman–Crippen MR) is 69.5 cm³/mol. The van der Waals surface area contributed by atoms with E-state index < -0.39 is 0 Å². The van der Waals surface area contributed by atoms with E-state index in [0.29, 0.717) is 6.54 Å². The zero-order chi connectivity index (χ0) is 12.3. The van der Waals surface area contributed by atoms with E-state index >= 15 is 0 Å². The number of hydrogen-bond donors (Lipinski definition) is 1. The second-order valence-electron chi connectivity index (χ2n) is 3.91. The molecule has 0 aliphatic heterocycles. The summed E-state index contributed by atoms with van der Waals surface area (Å²) in [6.45, 7) is 8.41. The normalized spacial score (nSPS) is 10.2. The van der Waals surface area contributed by atoms with Gasteiger partial charge >= 0.3 is 0 Å². The maximum Gasteiger partial charge on any atom is 0.208 e. The fraction of sp³-hybridized carbons (Fsp3) is 0.231. The van der Waals surface area contributed by atoms with Gasteiger partial charge in [-0.05, 0) is 25.5 Å². The summed E-state index contributed by atoms with van der Waals surface area (Å²) < 4.78 is 2.02. The van der Waals surface area contributed by atoms with Gasteiger partial charge in [0.1, 0.15) is 0 Å². The molecule has 0 atom stereocenters. The fourth-order valence-corrected chi connectivity index (χ4v) is 1.68. The molecule has 2 heterocycles. The van der Waals surface area contributed by atoms with Crippen LogP contribution < -0.4 is 5.32 Å². The van der Waals surface area contributed by atoms with Crippen molar-refractivity contribution < 1.29 is 0 Å². The van der Waals surface area contributed by atoms with Gasteiger partial charge < -0.3 is 5.32 Å². The molecule has 17 heavy (non-hydrogen) atoms. The topological polar surface area (TPSA) is 42.7 Å². The van der Waals surface area contributed by atoms with E-state index in [1.165, 1.54) is 5.56 Å². The van der Waals surface area contributed by atoms with Crippen LogP contribution in [0.1, 0.15) is 11.3 Å². The van der Waals surface area contributed by atoms with Crippen LogP contribution in [-0.2, 0) is 0 Å².